The third-order valence-electron chi connectivity index (χ3n) is 1.91. The number of amides is 1. The second kappa shape index (κ2) is 5.50. The van der Waals surface area contributed by atoms with E-state index in [1.807, 2.05) is 6.07 Å². The van der Waals surface area contributed by atoms with E-state index in [9.17, 15) is 4.79 Å². The molecule has 2 aromatic heterocycles. The van der Waals surface area contributed by atoms with Crippen molar-refractivity contribution in [1.29, 1.82) is 0 Å². The Hall–Kier alpha value is -2.56. The molecule has 5 nitrogen and oxygen atoms in total. The molecule has 0 aromatic carbocycles. The third kappa shape index (κ3) is 3.20. The molecule has 86 valence electrons. The van der Waals surface area contributed by atoms with E-state index in [-0.39, 0.29) is 5.91 Å². The molecular weight excluding hydrogens is 220 g/mol. The van der Waals surface area contributed by atoms with Gasteiger partial charge in [0.25, 0.3) is 5.91 Å². The van der Waals surface area contributed by atoms with E-state index in [0.717, 1.165) is 5.76 Å². The van der Waals surface area contributed by atoms with Crippen molar-refractivity contribution in [1.82, 2.24) is 5.43 Å². The van der Waals surface area contributed by atoms with Crippen LogP contribution in [0.5, 0.6) is 0 Å². The predicted molar refractivity (Wildman–Crippen MR) is 62.4 cm³/mol. The fourth-order valence-electron chi connectivity index (χ4n) is 1.12. The van der Waals surface area contributed by atoms with Crippen LogP contribution >= 0.6 is 0 Å². The molecular formula is C12H10N2O3. The van der Waals surface area contributed by atoms with Gasteiger partial charge in [0.15, 0.2) is 0 Å². The first-order chi connectivity index (χ1) is 8.36. The van der Waals surface area contributed by atoms with Crippen molar-refractivity contribution in [2.45, 2.75) is 0 Å². The highest BCUT2D eigenvalue weighted by molar-refractivity contribution is 5.94. The first-order valence-electron chi connectivity index (χ1n) is 4.92. The molecule has 0 spiro atoms. The molecule has 0 aliphatic carbocycles. The number of rotatable bonds is 4. The fraction of sp³-hybridized carbons (Fsp3) is 0. The zero-order valence-electron chi connectivity index (χ0n) is 8.87. The number of hydrogen-bond acceptors (Lipinski definition) is 4. The number of furan rings is 2. The first-order valence-corrected chi connectivity index (χ1v) is 4.92. The minimum absolute atomic E-state index is 0.318. The molecule has 0 fully saturated rings. The van der Waals surface area contributed by atoms with Crippen molar-refractivity contribution in [3.8, 4) is 0 Å². The average molecular weight is 230 g/mol. The number of nitrogens with zero attached hydrogens (tertiary/aromatic N) is 1. The van der Waals surface area contributed by atoms with Crippen molar-refractivity contribution in [3.05, 3.63) is 54.4 Å². The van der Waals surface area contributed by atoms with E-state index in [1.54, 1.807) is 30.5 Å². The maximum atomic E-state index is 11.4. The number of nitrogens with one attached hydrogen (secondary N) is 1. The lowest BCUT2D eigenvalue weighted by molar-refractivity contribution is 0.0954. The van der Waals surface area contributed by atoms with Crippen LogP contribution < -0.4 is 5.43 Å². The lowest BCUT2D eigenvalue weighted by atomic mass is 10.3. The van der Waals surface area contributed by atoms with Crippen LogP contribution in [0, 0.1) is 0 Å². The first kappa shape index (κ1) is 10.9. The molecule has 2 heterocycles. The van der Waals surface area contributed by atoms with E-state index in [1.165, 1.54) is 18.7 Å². The van der Waals surface area contributed by atoms with E-state index in [4.69, 9.17) is 8.83 Å². The summed E-state index contributed by atoms with van der Waals surface area (Å²) in [6, 6.07) is 5.16. The minimum atomic E-state index is -0.318. The van der Waals surface area contributed by atoms with E-state index in [2.05, 4.69) is 10.5 Å². The summed E-state index contributed by atoms with van der Waals surface area (Å²) >= 11 is 0. The summed E-state index contributed by atoms with van der Waals surface area (Å²) in [7, 11) is 0. The number of allylic oxidation sites excluding steroid dienone is 1. The zero-order chi connectivity index (χ0) is 11.9. The highest BCUT2D eigenvalue weighted by atomic mass is 16.3. The lowest BCUT2D eigenvalue weighted by Gasteiger charge is -1.92. The van der Waals surface area contributed by atoms with Crippen molar-refractivity contribution in [3.63, 3.8) is 0 Å². The topological polar surface area (TPSA) is 67.7 Å². The van der Waals surface area contributed by atoms with E-state index < -0.39 is 0 Å². The van der Waals surface area contributed by atoms with Gasteiger partial charge in [-0.15, -0.1) is 0 Å². The summed E-state index contributed by atoms with van der Waals surface area (Å²) in [5, 5.41) is 3.73. The molecule has 2 rings (SSSR count). The largest absolute Gasteiger partial charge is 0.472 e. The number of hydrogen-bond donors (Lipinski definition) is 1. The van der Waals surface area contributed by atoms with Crippen LogP contribution in [-0.4, -0.2) is 12.1 Å². The molecule has 0 radical (unpaired) electrons. The average Bonchev–Trinajstić information content (AvgIpc) is 3.01. The van der Waals surface area contributed by atoms with Crippen LogP contribution in [0.15, 0.2) is 57.0 Å². The monoisotopic (exact) mass is 230 g/mol. The molecule has 2 aromatic rings. The van der Waals surface area contributed by atoms with Gasteiger partial charge in [-0.1, -0.05) is 0 Å². The van der Waals surface area contributed by atoms with Gasteiger partial charge in [-0.05, 0) is 30.4 Å². The molecule has 1 N–H and O–H groups in total. The van der Waals surface area contributed by atoms with Gasteiger partial charge in [0, 0.05) is 6.21 Å². The lowest BCUT2D eigenvalue weighted by Crippen LogP contribution is -2.16. The zero-order valence-corrected chi connectivity index (χ0v) is 8.87. The van der Waals surface area contributed by atoms with Crippen molar-refractivity contribution >= 4 is 18.2 Å². The van der Waals surface area contributed by atoms with Gasteiger partial charge in [-0.2, -0.15) is 5.10 Å². The van der Waals surface area contributed by atoms with Gasteiger partial charge in [-0.3, -0.25) is 4.79 Å². The quantitative estimate of drug-likeness (QED) is 0.647. The second-order valence-electron chi connectivity index (χ2n) is 3.11. The molecule has 0 bridgehead atoms. The SMILES string of the molecule is O=C(NN=CC=Cc1ccco1)c1ccoc1. The van der Waals surface area contributed by atoms with Gasteiger partial charge in [0.1, 0.15) is 12.0 Å². The van der Waals surface area contributed by atoms with Crippen molar-refractivity contribution in [2.24, 2.45) is 5.10 Å². The Bertz CT molecular complexity index is 510. The highest BCUT2D eigenvalue weighted by Gasteiger charge is 2.03. The Kier molecular flexibility index (Phi) is 3.54. The summed E-state index contributed by atoms with van der Waals surface area (Å²) in [6.45, 7) is 0. The molecule has 0 atom stereocenters. The van der Waals surface area contributed by atoms with E-state index >= 15 is 0 Å². The van der Waals surface area contributed by atoms with Crippen LogP contribution in [0.4, 0.5) is 0 Å². The minimum Gasteiger partial charge on any atom is -0.472 e. The molecule has 0 aliphatic heterocycles. The summed E-state index contributed by atoms with van der Waals surface area (Å²) in [5.74, 6) is 0.402. The maximum Gasteiger partial charge on any atom is 0.274 e. The van der Waals surface area contributed by atoms with Gasteiger partial charge >= 0.3 is 0 Å². The van der Waals surface area contributed by atoms with Crippen LogP contribution in [-0.2, 0) is 0 Å². The van der Waals surface area contributed by atoms with Gasteiger partial charge in [0.05, 0.1) is 18.1 Å². The Morgan fingerprint density at radius 1 is 1.35 bits per heavy atom. The maximum absolute atomic E-state index is 11.4. The summed E-state index contributed by atoms with van der Waals surface area (Å²) in [4.78, 5) is 11.4. The van der Waals surface area contributed by atoms with Gasteiger partial charge in [0.2, 0.25) is 0 Å². The summed E-state index contributed by atoms with van der Waals surface area (Å²) in [5.41, 5.74) is 2.78. The molecule has 0 aliphatic rings. The molecule has 17 heavy (non-hydrogen) atoms. The Labute approximate surface area is 97.4 Å². The normalized spacial score (nSPS) is 11.3. The predicted octanol–water partition coefficient (Wildman–Crippen LogP) is 2.30. The molecule has 0 saturated heterocycles. The van der Waals surface area contributed by atoms with Crippen molar-refractivity contribution in [2.75, 3.05) is 0 Å². The van der Waals surface area contributed by atoms with Crippen molar-refractivity contribution < 1.29 is 13.6 Å². The van der Waals surface area contributed by atoms with Crippen LogP contribution in [0.2, 0.25) is 0 Å². The summed E-state index contributed by atoms with van der Waals surface area (Å²) < 4.78 is 9.84. The van der Waals surface area contributed by atoms with Crippen LogP contribution in [0.1, 0.15) is 16.1 Å². The fourth-order valence-corrected chi connectivity index (χ4v) is 1.12. The Morgan fingerprint density at radius 2 is 2.29 bits per heavy atom. The summed E-state index contributed by atoms with van der Waals surface area (Å²) in [6.07, 6.45) is 9.21. The molecule has 1 amide bonds. The molecule has 0 unspecified atom stereocenters. The van der Waals surface area contributed by atoms with Gasteiger partial charge in [-0.25, -0.2) is 5.43 Å². The highest BCUT2D eigenvalue weighted by Crippen LogP contribution is 2.01. The Balaban J connectivity index is 1.80. The smallest absolute Gasteiger partial charge is 0.274 e. The van der Waals surface area contributed by atoms with E-state index in [0.29, 0.717) is 5.56 Å². The van der Waals surface area contributed by atoms with Crippen LogP contribution in [0.25, 0.3) is 6.08 Å². The molecule has 0 saturated carbocycles. The third-order valence-corrected chi connectivity index (χ3v) is 1.91. The Morgan fingerprint density at radius 3 is 3.00 bits per heavy atom. The number of hydrazone groups is 1. The second-order valence-corrected chi connectivity index (χ2v) is 3.11. The number of carbonyl (C=O) groups excluding carboxylic acids is 1. The van der Waals surface area contributed by atoms with Crippen LogP contribution in [0.3, 0.4) is 0 Å². The molecule has 5 heteroatoms. The van der Waals surface area contributed by atoms with Gasteiger partial charge < -0.3 is 8.83 Å². The standard InChI is InChI=1S/C12H10N2O3/c15-12(10-5-8-16-9-10)14-13-6-1-3-11-4-2-7-17-11/h1-9H,(H,14,15). The number of carbonyl (C=O) groups is 1.